The van der Waals surface area contributed by atoms with Crippen LogP contribution in [0.4, 0.5) is 5.95 Å². The average Bonchev–Trinajstić information content (AvgIpc) is 2.88. The molecule has 18 heavy (non-hydrogen) atoms. The maximum absolute atomic E-state index is 4.34. The third kappa shape index (κ3) is 3.35. The molecule has 0 fully saturated rings. The van der Waals surface area contributed by atoms with Gasteiger partial charge in [0.1, 0.15) is 0 Å². The summed E-state index contributed by atoms with van der Waals surface area (Å²) >= 11 is 0. The van der Waals surface area contributed by atoms with Crippen molar-refractivity contribution in [3.8, 4) is 0 Å². The van der Waals surface area contributed by atoms with Gasteiger partial charge in [0.15, 0.2) is 0 Å². The van der Waals surface area contributed by atoms with E-state index in [1.165, 1.54) is 5.56 Å². The number of nitrogens with one attached hydrogen (secondary N) is 1. The van der Waals surface area contributed by atoms with Crippen LogP contribution in [0.5, 0.6) is 0 Å². The van der Waals surface area contributed by atoms with Crippen molar-refractivity contribution in [2.24, 2.45) is 13.0 Å². The zero-order chi connectivity index (χ0) is 13.0. The molecule has 0 aliphatic rings. The van der Waals surface area contributed by atoms with Gasteiger partial charge in [-0.2, -0.15) is 5.10 Å². The first-order valence-corrected chi connectivity index (χ1v) is 6.37. The molecule has 5 nitrogen and oxygen atoms in total. The van der Waals surface area contributed by atoms with E-state index < -0.39 is 0 Å². The van der Waals surface area contributed by atoms with E-state index in [9.17, 15) is 0 Å². The Kier molecular flexibility index (Phi) is 4.02. The van der Waals surface area contributed by atoms with Gasteiger partial charge in [0.2, 0.25) is 5.95 Å². The summed E-state index contributed by atoms with van der Waals surface area (Å²) in [6.07, 6.45) is 8.77. The number of imidazole rings is 1. The molecular weight excluding hydrogens is 226 g/mol. The molecule has 2 aromatic rings. The zero-order valence-corrected chi connectivity index (χ0v) is 11.3. The third-order valence-corrected chi connectivity index (χ3v) is 2.73. The van der Waals surface area contributed by atoms with Crippen molar-refractivity contribution < 1.29 is 0 Å². The summed E-state index contributed by atoms with van der Waals surface area (Å²) in [6.45, 7) is 6.29. The second-order valence-corrected chi connectivity index (χ2v) is 5.00. The van der Waals surface area contributed by atoms with Crippen LogP contribution < -0.4 is 5.32 Å². The maximum atomic E-state index is 4.34. The molecule has 0 amide bonds. The zero-order valence-electron chi connectivity index (χ0n) is 11.3. The van der Waals surface area contributed by atoms with E-state index in [4.69, 9.17) is 0 Å². The SMILES string of the molecule is CC(C)Cn1ccnc1NCCc1cnn(C)c1. The van der Waals surface area contributed by atoms with Gasteiger partial charge in [-0.05, 0) is 17.9 Å². The fraction of sp³-hybridized carbons (Fsp3) is 0.538. The molecule has 0 bridgehead atoms. The molecule has 2 heterocycles. The molecule has 0 saturated heterocycles. The third-order valence-electron chi connectivity index (χ3n) is 2.73. The maximum Gasteiger partial charge on any atom is 0.202 e. The lowest BCUT2D eigenvalue weighted by atomic mass is 10.2. The lowest BCUT2D eigenvalue weighted by molar-refractivity contribution is 0.526. The van der Waals surface area contributed by atoms with E-state index in [0.717, 1.165) is 25.5 Å². The Balaban J connectivity index is 1.84. The minimum absolute atomic E-state index is 0.623. The van der Waals surface area contributed by atoms with Crippen LogP contribution in [-0.4, -0.2) is 25.9 Å². The number of hydrogen-bond acceptors (Lipinski definition) is 3. The van der Waals surface area contributed by atoms with Gasteiger partial charge in [0, 0.05) is 38.7 Å². The van der Waals surface area contributed by atoms with Crippen LogP contribution in [0.1, 0.15) is 19.4 Å². The van der Waals surface area contributed by atoms with E-state index in [-0.39, 0.29) is 0 Å². The monoisotopic (exact) mass is 247 g/mol. The first-order chi connectivity index (χ1) is 8.65. The summed E-state index contributed by atoms with van der Waals surface area (Å²) in [7, 11) is 1.94. The predicted octanol–water partition coefficient (Wildman–Crippen LogP) is 1.93. The summed E-state index contributed by atoms with van der Waals surface area (Å²) in [5.74, 6) is 1.57. The molecule has 98 valence electrons. The van der Waals surface area contributed by atoms with Crippen LogP contribution in [0, 0.1) is 5.92 Å². The van der Waals surface area contributed by atoms with Gasteiger partial charge >= 0.3 is 0 Å². The fourth-order valence-corrected chi connectivity index (χ4v) is 1.94. The summed E-state index contributed by atoms with van der Waals surface area (Å²) in [5.41, 5.74) is 1.24. The number of hydrogen-bond donors (Lipinski definition) is 1. The van der Waals surface area contributed by atoms with Crippen molar-refractivity contribution in [2.45, 2.75) is 26.8 Å². The normalized spacial score (nSPS) is 11.1. The summed E-state index contributed by atoms with van der Waals surface area (Å²) in [4.78, 5) is 4.34. The van der Waals surface area contributed by atoms with Gasteiger partial charge < -0.3 is 9.88 Å². The standard InChI is InChI=1S/C13H21N5/c1-11(2)9-18-7-6-15-13(18)14-5-4-12-8-16-17(3)10-12/h6-8,10-11H,4-5,9H2,1-3H3,(H,14,15). The van der Waals surface area contributed by atoms with Crippen molar-refractivity contribution in [1.29, 1.82) is 0 Å². The molecule has 0 aromatic carbocycles. The highest BCUT2D eigenvalue weighted by atomic mass is 15.2. The van der Waals surface area contributed by atoms with Crippen LogP contribution in [0.25, 0.3) is 0 Å². The molecule has 0 radical (unpaired) electrons. The van der Waals surface area contributed by atoms with Crippen LogP contribution in [0.15, 0.2) is 24.8 Å². The Morgan fingerprint density at radius 1 is 1.39 bits per heavy atom. The minimum atomic E-state index is 0.623. The van der Waals surface area contributed by atoms with Crippen molar-refractivity contribution in [3.05, 3.63) is 30.4 Å². The Bertz CT molecular complexity index is 483. The van der Waals surface area contributed by atoms with Crippen molar-refractivity contribution in [1.82, 2.24) is 19.3 Å². The summed E-state index contributed by atoms with van der Waals surface area (Å²) in [6, 6.07) is 0. The summed E-state index contributed by atoms with van der Waals surface area (Å²) in [5, 5.41) is 7.53. The molecule has 0 aliphatic heterocycles. The summed E-state index contributed by atoms with van der Waals surface area (Å²) < 4.78 is 3.99. The lowest BCUT2D eigenvalue weighted by Crippen LogP contribution is -2.12. The molecule has 2 aromatic heterocycles. The van der Waals surface area contributed by atoms with Crippen LogP contribution >= 0.6 is 0 Å². The van der Waals surface area contributed by atoms with E-state index in [1.807, 2.05) is 36.5 Å². The minimum Gasteiger partial charge on any atom is -0.355 e. The van der Waals surface area contributed by atoms with Gasteiger partial charge in [0.05, 0.1) is 6.20 Å². The molecule has 5 heteroatoms. The molecule has 0 saturated carbocycles. The quantitative estimate of drug-likeness (QED) is 0.848. The second kappa shape index (κ2) is 5.71. The van der Waals surface area contributed by atoms with E-state index in [1.54, 1.807) is 0 Å². The van der Waals surface area contributed by atoms with Crippen LogP contribution in [-0.2, 0) is 20.0 Å². The molecule has 2 rings (SSSR count). The van der Waals surface area contributed by atoms with Crippen molar-refractivity contribution in [2.75, 3.05) is 11.9 Å². The first-order valence-electron chi connectivity index (χ1n) is 6.37. The van der Waals surface area contributed by atoms with Crippen molar-refractivity contribution >= 4 is 5.95 Å². The number of aryl methyl sites for hydroxylation is 1. The number of rotatable bonds is 6. The molecule has 0 aliphatic carbocycles. The molecule has 0 spiro atoms. The smallest absolute Gasteiger partial charge is 0.202 e. The van der Waals surface area contributed by atoms with Crippen molar-refractivity contribution in [3.63, 3.8) is 0 Å². The molecule has 0 atom stereocenters. The van der Waals surface area contributed by atoms with E-state index in [2.05, 4.69) is 33.8 Å². The topological polar surface area (TPSA) is 47.7 Å². The largest absolute Gasteiger partial charge is 0.355 e. The average molecular weight is 247 g/mol. The Morgan fingerprint density at radius 3 is 2.89 bits per heavy atom. The van der Waals surface area contributed by atoms with E-state index >= 15 is 0 Å². The van der Waals surface area contributed by atoms with Crippen LogP contribution in [0.2, 0.25) is 0 Å². The van der Waals surface area contributed by atoms with Gasteiger partial charge in [-0.15, -0.1) is 0 Å². The van der Waals surface area contributed by atoms with Gasteiger partial charge in [-0.25, -0.2) is 4.98 Å². The number of aromatic nitrogens is 4. The Morgan fingerprint density at radius 2 is 2.22 bits per heavy atom. The molecule has 1 N–H and O–H groups in total. The first kappa shape index (κ1) is 12.7. The number of anilines is 1. The van der Waals surface area contributed by atoms with Gasteiger partial charge in [0.25, 0.3) is 0 Å². The number of nitrogens with zero attached hydrogens (tertiary/aromatic N) is 4. The highest BCUT2D eigenvalue weighted by molar-refractivity contribution is 5.26. The highest BCUT2D eigenvalue weighted by Crippen LogP contribution is 2.08. The lowest BCUT2D eigenvalue weighted by Gasteiger charge is -2.11. The highest BCUT2D eigenvalue weighted by Gasteiger charge is 2.04. The van der Waals surface area contributed by atoms with Crippen LogP contribution in [0.3, 0.4) is 0 Å². The Labute approximate surface area is 108 Å². The Hall–Kier alpha value is -1.78. The molecule has 0 unspecified atom stereocenters. The second-order valence-electron chi connectivity index (χ2n) is 5.00. The predicted molar refractivity (Wildman–Crippen MR) is 72.5 cm³/mol. The fourth-order valence-electron chi connectivity index (χ4n) is 1.94. The van der Waals surface area contributed by atoms with Gasteiger partial charge in [-0.1, -0.05) is 13.8 Å². The van der Waals surface area contributed by atoms with Gasteiger partial charge in [-0.3, -0.25) is 4.68 Å². The molecular formula is C13H21N5. The van der Waals surface area contributed by atoms with E-state index in [0.29, 0.717) is 5.92 Å².